The van der Waals surface area contributed by atoms with Gasteiger partial charge in [0.2, 0.25) is 0 Å². The molecule has 0 spiro atoms. The summed E-state index contributed by atoms with van der Waals surface area (Å²) in [6.45, 7) is 1.79. The van der Waals surface area contributed by atoms with E-state index in [4.69, 9.17) is 5.11 Å². The summed E-state index contributed by atoms with van der Waals surface area (Å²) in [5, 5.41) is 20.0. The van der Waals surface area contributed by atoms with Crippen molar-refractivity contribution in [2.45, 2.75) is 6.92 Å². The van der Waals surface area contributed by atoms with E-state index in [-0.39, 0.29) is 11.3 Å². The van der Waals surface area contributed by atoms with Crippen molar-refractivity contribution < 1.29 is 14.8 Å². The van der Waals surface area contributed by atoms with Gasteiger partial charge in [0.15, 0.2) is 0 Å². The molecule has 1 N–H and O–H groups in total. The van der Waals surface area contributed by atoms with Gasteiger partial charge < -0.3 is 5.11 Å². The minimum atomic E-state index is -1.05. The molecule has 0 radical (unpaired) electrons. The minimum Gasteiger partial charge on any atom is -0.478 e. The van der Waals surface area contributed by atoms with Crippen molar-refractivity contribution in [2.75, 3.05) is 0 Å². The van der Waals surface area contributed by atoms with E-state index in [1.165, 1.54) is 18.2 Å². The zero-order valence-corrected chi connectivity index (χ0v) is 10.2. The number of nitro benzene ring substituents is 1. The van der Waals surface area contributed by atoms with Crippen molar-refractivity contribution in [3.05, 3.63) is 63.7 Å². The van der Waals surface area contributed by atoms with E-state index in [0.29, 0.717) is 11.1 Å². The zero-order valence-electron chi connectivity index (χ0n) is 10.2. The van der Waals surface area contributed by atoms with Crippen molar-refractivity contribution in [3.63, 3.8) is 0 Å². The molecule has 2 aromatic carbocycles. The van der Waals surface area contributed by atoms with Crippen LogP contribution in [-0.4, -0.2) is 16.0 Å². The first-order valence-corrected chi connectivity index (χ1v) is 5.58. The molecule has 0 unspecified atom stereocenters. The van der Waals surface area contributed by atoms with Gasteiger partial charge in [-0.3, -0.25) is 10.1 Å². The second-order valence-corrected chi connectivity index (χ2v) is 4.11. The van der Waals surface area contributed by atoms with Gasteiger partial charge in [-0.2, -0.15) is 0 Å². The molecule has 0 bridgehead atoms. The molecule has 0 saturated carbocycles. The Balaban J connectivity index is 2.68. The standard InChI is InChI=1S/C14H11NO4/c1-9-6-7-10(15(18)19)8-13(9)11-4-2-3-5-12(11)14(16)17/h2-8H,1H3,(H,16,17). The lowest BCUT2D eigenvalue weighted by Gasteiger charge is -2.09. The Bertz CT molecular complexity index is 664. The highest BCUT2D eigenvalue weighted by Gasteiger charge is 2.15. The van der Waals surface area contributed by atoms with Crippen LogP contribution in [0.5, 0.6) is 0 Å². The van der Waals surface area contributed by atoms with Crippen molar-refractivity contribution in [1.82, 2.24) is 0 Å². The van der Waals surface area contributed by atoms with Crippen molar-refractivity contribution in [3.8, 4) is 11.1 Å². The number of carboxylic acid groups (broad SMARTS) is 1. The molecule has 0 amide bonds. The molecule has 0 aliphatic heterocycles. The summed E-state index contributed by atoms with van der Waals surface area (Å²) in [5.74, 6) is -1.05. The number of hydrogen-bond acceptors (Lipinski definition) is 3. The lowest BCUT2D eigenvalue weighted by atomic mass is 9.95. The van der Waals surface area contributed by atoms with E-state index < -0.39 is 10.9 Å². The highest BCUT2D eigenvalue weighted by Crippen LogP contribution is 2.30. The Morgan fingerprint density at radius 2 is 1.84 bits per heavy atom. The van der Waals surface area contributed by atoms with Crippen molar-refractivity contribution in [2.24, 2.45) is 0 Å². The van der Waals surface area contributed by atoms with Crippen molar-refractivity contribution >= 4 is 11.7 Å². The number of aryl methyl sites for hydroxylation is 1. The summed E-state index contributed by atoms with van der Waals surface area (Å²) in [6.07, 6.45) is 0. The maximum absolute atomic E-state index is 11.2. The number of carboxylic acids is 1. The molecule has 0 fully saturated rings. The third-order valence-electron chi connectivity index (χ3n) is 2.88. The fourth-order valence-electron chi connectivity index (χ4n) is 1.92. The second kappa shape index (κ2) is 4.89. The van der Waals surface area contributed by atoms with Gasteiger partial charge in [0.05, 0.1) is 10.5 Å². The highest BCUT2D eigenvalue weighted by atomic mass is 16.6. The average Bonchev–Trinajstić information content (AvgIpc) is 2.39. The van der Waals surface area contributed by atoms with E-state index in [0.717, 1.165) is 5.56 Å². The number of carbonyl (C=O) groups is 1. The lowest BCUT2D eigenvalue weighted by Crippen LogP contribution is -2.00. The van der Waals surface area contributed by atoms with Crippen LogP contribution in [0.2, 0.25) is 0 Å². The summed E-state index contributed by atoms with van der Waals surface area (Å²) in [6, 6.07) is 10.9. The minimum absolute atomic E-state index is 0.0548. The molecule has 19 heavy (non-hydrogen) atoms. The quantitative estimate of drug-likeness (QED) is 0.675. The topological polar surface area (TPSA) is 80.4 Å². The molecule has 5 heteroatoms. The zero-order chi connectivity index (χ0) is 14.0. The predicted octanol–water partition coefficient (Wildman–Crippen LogP) is 3.27. The Labute approximate surface area is 109 Å². The molecule has 0 heterocycles. The monoisotopic (exact) mass is 257 g/mol. The highest BCUT2D eigenvalue weighted by molar-refractivity contribution is 5.96. The predicted molar refractivity (Wildman–Crippen MR) is 70.2 cm³/mol. The van der Waals surface area contributed by atoms with Crippen LogP contribution in [-0.2, 0) is 0 Å². The molecular formula is C14H11NO4. The van der Waals surface area contributed by atoms with Crippen LogP contribution in [0.15, 0.2) is 42.5 Å². The van der Waals surface area contributed by atoms with Crippen molar-refractivity contribution in [1.29, 1.82) is 0 Å². The molecule has 0 aromatic heterocycles. The largest absolute Gasteiger partial charge is 0.478 e. The second-order valence-electron chi connectivity index (χ2n) is 4.11. The Hall–Kier alpha value is -2.69. The molecule has 2 rings (SSSR count). The third kappa shape index (κ3) is 2.44. The van der Waals surface area contributed by atoms with E-state index in [2.05, 4.69) is 0 Å². The van der Waals surface area contributed by atoms with Crippen LogP contribution in [0.1, 0.15) is 15.9 Å². The van der Waals surface area contributed by atoms with Gasteiger partial charge in [-0.1, -0.05) is 24.3 Å². The van der Waals surface area contributed by atoms with E-state index in [9.17, 15) is 14.9 Å². The van der Waals surface area contributed by atoms with Crippen LogP contribution in [0.25, 0.3) is 11.1 Å². The Morgan fingerprint density at radius 3 is 2.47 bits per heavy atom. The lowest BCUT2D eigenvalue weighted by molar-refractivity contribution is -0.384. The van der Waals surface area contributed by atoms with Crippen LogP contribution in [0.3, 0.4) is 0 Å². The molecule has 0 saturated heterocycles. The smallest absolute Gasteiger partial charge is 0.336 e. The molecule has 96 valence electrons. The fourth-order valence-corrected chi connectivity index (χ4v) is 1.92. The fraction of sp³-hybridized carbons (Fsp3) is 0.0714. The van der Waals surface area contributed by atoms with Crippen LogP contribution < -0.4 is 0 Å². The van der Waals surface area contributed by atoms with Gasteiger partial charge in [-0.25, -0.2) is 4.79 Å². The summed E-state index contributed by atoms with van der Waals surface area (Å²) < 4.78 is 0. The normalized spacial score (nSPS) is 10.2. The van der Waals surface area contributed by atoms with E-state index in [1.807, 2.05) is 0 Å². The van der Waals surface area contributed by atoms with Crippen LogP contribution in [0.4, 0.5) is 5.69 Å². The van der Waals surface area contributed by atoms with Gasteiger partial charge in [0.1, 0.15) is 0 Å². The number of rotatable bonds is 3. The first kappa shape index (κ1) is 12.8. The number of benzene rings is 2. The summed E-state index contributed by atoms with van der Waals surface area (Å²) in [7, 11) is 0. The number of aromatic carboxylic acids is 1. The maximum atomic E-state index is 11.2. The molecule has 0 atom stereocenters. The van der Waals surface area contributed by atoms with Gasteiger partial charge >= 0.3 is 5.97 Å². The molecule has 5 nitrogen and oxygen atoms in total. The molecule has 2 aromatic rings. The molecular weight excluding hydrogens is 246 g/mol. The Morgan fingerprint density at radius 1 is 1.16 bits per heavy atom. The van der Waals surface area contributed by atoms with Crippen LogP contribution in [0, 0.1) is 17.0 Å². The number of hydrogen-bond donors (Lipinski definition) is 1. The first-order chi connectivity index (χ1) is 9.00. The van der Waals surface area contributed by atoms with E-state index in [1.54, 1.807) is 31.2 Å². The number of nitrogens with zero attached hydrogens (tertiary/aromatic N) is 1. The van der Waals surface area contributed by atoms with Crippen LogP contribution >= 0.6 is 0 Å². The van der Waals surface area contributed by atoms with E-state index >= 15 is 0 Å². The van der Waals surface area contributed by atoms with Gasteiger partial charge in [0, 0.05) is 12.1 Å². The van der Waals surface area contributed by atoms with Gasteiger partial charge in [0.25, 0.3) is 5.69 Å². The third-order valence-corrected chi connectivity index (χ3v) is 2.88. The van der Waals surface area contributed by atoms with Gasteiger partial charge in [-0.05, 0) is 29.7 Å². The summed E-state index contributed by atoms with van der Waals surface area (Å²) >= 11 is 0. The summed E-state index contributed by atoms with van der Waals surface area (Å²) in [4.78, 5) is 21.5. The first-order valence-electron chi connectivity index (χ1n) is 5.58. The molecule has 0 aliphatic rings. The number of non-ortho nitro benzene ring substituents is 1. The van der Waals surface area contributed by atoms with Gasteiger partial charge in [-0.15, -0.1) is 0 Å². The SMILES string of the molecule is Cc1ccc([N+](=O)[O-])cc1-c1ccccc1C(=O)O. The summed E-state index contributed by atoms with van der Waals surface area (Å²) in [5.41, 5.74) is 1.91. The Kier molecular flexibility index (Phi) is 3.29. The average molecular weight is 257 g/mol. The maximum Gasteiger partial charge on any atom is 0.336 e. The number of nitro groups is 1. The molecule has 0 aliphatic carbocycles.